The van der Waals surface area contributed by atoms with Crippen molar-refractivity contribution in [3.63, 3.8) is 0 Å². The molecule has 0 fully saturated rings. The second kappa shape index (κ2) is 7.53. The first kappa shape index (κ1) is 15.9. The summed E-state index contributed by atoms with van der Waals surface area (Å²) in [5.74, 6) is 1.46. The van der Waals surface area contributed by atoms with Gasteiger partial charge in [-0.3, -0.25) is 9.97 Å². The van der Waals surface area contributed by atoms with Crippen molar-refractivity contribution >= 4 is 5.82 Å². The lowest BCUT2D eigenvalue weighted by molar-refractivity contribution is 1.08. The monoisotopic (exact) mass is 339 g/mol. The molecule has 126 valence electrons. The van der Waals surface area contributed by atoms with Gasteiger partial charge in [0.05, 0.1) is 5.69 Å². The first-order valence-corrected chi connectivity index (χ1v) is 8.36. The first-order valence-electron chi connectivity index (χ1n) is 8.36. The quantitative estimate of drug-likeness (QED) is 0.590. The Morgan fingerprint density at radius 1 is 0.731 bits per heavy atom. The fraction of sp³-hybridized carbons (Fsp3) is 0.0476. The molecule has 1 N–H and O–H groups in total. The van der Waals surface area contributed by atoms with Crippen molar-refractivity contribution in [3.8, 4) is 22.6 Å². The van der Waals surface area contributed by atoms with Gasteiger partial charge in [-0.25, -0.2) is 9.97 Å². The molecule has 0 spiro atoms. The van der Waals surface area contributed by atoms with E-state index in [9.17, 15) is 0 Å². The summed E-state index contributed by atoms with van der Waals surface area (Å²) in [6, 6.07) is 19.8. The molecular formula is C21H17N5. The van der Waals surface area contributed by atoms with E-state index in [0.29, 0.717) is 12.4 Å². The Kier molecular flexibility index (Phi) is 4.60. The highest BCUT2D eigenvalue weighted by Crippen LogP contribution is 2.24. The Morgan fingerprint density at radius 3 is 2.31 bits per heavy atom. The van der Waals surface area contributed by atoms with Crippen molar-refractivity contribution in [3.05, 3.63) is 91.0 Å². The molecule has 0 amide bonds. The molecule has 0 saturated carbocycles. The molecule has 0 aliphatic carbocycles. The molecule has 0 bridgehead atoms. The summed E-state index contributed by atoms with van der Waals surface area (Å²) >= 11 is 0. The number of anilines is 1. The van der Waals surface area contributed by atoms with E-state index in [1.165, 1.54) is 0 Å². The SMILES string of the molecule is c1ccc(-c2nc(NCc3ccncc3)cc(-c3cccnc3)n2)cc1. The highest BCUT2D eigenvalue weighted by molar-refractivity contribution is 5.66. The molecule has 0 aliphatic heterocycles. The zero-order valence-corrected chi connectivity index (χ0v) is 14.1. The lowest BCUT2D eigenvalue weighted by Gasteiger charge is -2.10. The largest absolute Gasteiger partial charge is 0.366 e. The van der Waals surface area contributed by atoms with Crippen molar-refractivity contribution in [2.75, 3.05) is 5.32 Å². The van der Waals surface area contributed by atoms with Crippen molar-refractivity contribution < 1.29 is 0 Å². The molecule has 5 nitrogen and oxygen atoms in total. The molecule has 0 unspecified atom stereocenters. The third-order valence-corrected chi connectivity index (χ3v) is 3.94. The van der Waals surface area contributed by atoms with Crippen molar-refractivity contribution in [2.24, 2.45) is 0 Å². The Hall–Kier alpha value is -3.60. The van der Waals surface area contributed by atoms with E-state index in [2.05, 4.69) is 20.3 Å². The zero-order valence-electron chi connectivity index (χ0n) is 14.1. The minimum absolute atomic E-state index is 0.667. The zero-order chi connectivity index (χ0) is 17.6. The van der Waals surface area contributed by atoms with E-state index in [-0.39, 0.29) is 0 Å². The van der Waals surface area contributed by atoms with Gasteiger partial charge in [-0.05, 0) is 29.8 Å². The summed E-state index contributed by atoms with van der Waals surface area (Å²) in [4.78, 5) is 17.7. The van der Waals surface area contributed by atoms with Gasteiger partial charge in [0.15, 0.2) is 5.82 Å². The van der Waals surface area contributed by atoms with Crippen LogP contribution in [0.2, 0.25) is 0 Å². The Balaban J connectivity index is 1.70. The second-order valence-electron chi connectivity index (χ2n) is 5.78. The molecule has 3 heterocycles. The molecule has 4 rings (SSSR count). The van der Waals surface area contributed by atoms with Gasteiger partial charge in [0, 0.05) is 48.5 Å². The summed E-state index contributed by atoms with van der Waals surface area (Å²) in [7, 11) is 0. The number of pyridine rings is 2. The van der Waals surface area contributed by atoms with Crippen molar-refractivity contribution in [1.82, 2.24) is 19.9 Å². The van der Waals surface area contributed by atoms with Gasteiger partial charge in [-0.15, -0.1) is 0 Å². The number of rotatable bonds is 5. The normalized spacial score (nSPS) is 10.5. The highest BCUT2D eigenvalue weighted by atomic mass is 15.0. The maximum atomic E-state index is 4.73. The highest BCUT2D eigenvalue weighted by Gasteiger charge is 2.09. The van der Waals surface area contributed by atoms with Crippen LogP contribution in [0.15, 0.2) is 85.5 Å². The Bertz CT molecular complexity index is 915. The van der Waals surface area contributed by atoms with Gasteiger partial charge in [0.1, 0.15) is 5.82 Å². The Labute approximate surface area is 151 Å². The summed E-state index contributed by atoms with van der Waals surface area (Å²) in [5.41, 5.74) is 3.91. The van der Waals surface area contributed by atoms with Crippen molar-refractivity contribution in [1.29, 1.82) is 0 Å². The van der Waals surface area contributed by atoms with E-state index >= 15 is 0 Å². The van der Waals surface area contributed by atoms with Crippen LogP contribution in [0.3, 0.4) is 0 Å². The fourth-order valence-electron chi connectivity index (χ4n) is 2.61. The van der Waals surface area contributed by atoms with E-state index < -0.39 is 0 Å². The number of hydrogen-bond acceptors (Lipinski definition) is 5. The van der Waals surface area contributed by atoms with Crippen molar-refractivity contribution in [2.45, 2.75) is 6.54 Å². The smallest absolute Gasteiger partial charge is 0.162 e. The summed E-state index contributed by atoms with van der Waals surface area (Å²) in [6.07, 6.45) is 7.13. The number of benzene rings is 1. The van der Waals surface area contributed by atoms with E-state index in [0.717, 1.165) is 28.2 Å². The van der Waals surface area contributed by atoms with Gasteiger partial charge in [-0.1, -0.05) is 30.3 Å². The van der Waals surface area contributed by atoms with Crippen LogP contribution in [0.4, 0.5) is 5.82 Å². The molecular weight excluding hydrogens is 322 g/mol. The number of nitrogens with zero attached hydrogens (tertiary/aromatic N) is 4. The molecule has 0 atom stereocenters. The molecule has 0 radical (unpaired) electrons. The second-order valence-corrected chi connectivity index (χ2v) is 5.78. The van der Waals surface area contributed by atoms with E-state index in [1.807, 2.05) is 66.9 Å². The molecule has 0 saturated heterocycles. The molecule has 4 aromatic rings. The third-order valence-electron chi connectivity index (χ3n) is 3.94. The maximum Gasteiger partial charge on any atom is 0.162 e. The van der Waals surface area contributed by atoms with E-state index in [1.54, 1.807) is 18.6 Å². The number of aromatic nitrogens is 4. The average Bonchev–Trinajstić information content (AvgIpc) is 2.74. The predicted molar refractivity (Wildman–Crippen MR) is 102 cm³/mol. The van der Waals surface area contributed by atoms with Crippen LogP contribution in [0.1, 0.15) is 5.56 Å². The lowest BCUT2D eigenvalue weighted by atomic mass is 10.1. The summed E-state index contributed by atoms with van der Waals surface area (Å²) in [6.45, 7) is 0.667. The van der Waals surface area contributed by atoms with Crippen LogP contribution in [-0.4, -0.2) is 19.9 Å². The third kappa shape index (κ3) is 3.72. The Morgan fingerprint density at radius 2 is 1.54 bits per heavy atom. The molecule has 5 heteroatoms. The molecule has 1 aromatic carbocycles. The van der Waals surface area contributed by atoms with Crippen LogP contribution in [0.5, 0.6) is 0 Å². The predicted octanol–water partition coefficient (Wildman–Crippen LogP) is 4.21. The lowest BCUT2D eigenvalue weighted by Crippen LogP contribution is -2.04. The van der Waals surface area contributed by atoms with Gasteiger partial charge in [0.2, 0.25) is 0 Å². The number of hydrogen-bond donors (Lipinski definition) is 1. The molecule has 3 aromatic heterocycles. The first-order chi connectivity index (χ1) is 12.9. The van der Waals surface area contributed by atoms with Gasteiger partial charge in [0.25, 0.3) is 0 Å². The minimum Gasteiger partial charge on any atom is -0.366 e. The average molecular weight is 339 g/mol. The summed E-state index contributed by atoms with van der Waals surface area (Å²) in [5, 5.41) is 3.38. The number of nitrogens with one attached hydrogen (secondary N) is 1. The standard InChI is InChI=1S/C21H17N5/c1-2-5-17(6-3-1)21-25-19(18-7-4-10-23-15-18)13-20(26-21)24-14-16-8-11-22-12-9-16/h1-13,15H,14H2,(H,24,25,26). The fourth-order valence-corrected chi connectivity index (χ4v) is 2.61. The van der Waals surface area contributed by atoms with Crippen LogP contribution in [-0.2, 0) is 6.54 Å². The topological polar surface area (TPSA) is 63.6 Å². The van der Waals surface area contributed by atoms with E-state index in [4.69, 9.17) is 4.98 Å². The van der Waals surface area contributed by atoms with Gasteiger partial charge >= 0.3 is 0 Å². The van der Waals surface area contributed by atoms with Crippen LogP contribution < -0.4 is 5.32 Å². The molecule has 0 aliphatic rings. The van der Waals surface area contributed by atoms with Gasteiger partial charge in [-0.2, -0.15) is 0 Å². The summed E-state index contributed by atoms with van der Waals surface area (Å²) < 4.78 is 0. The van der Waals surface area contributed by atoms with Crippen LogP contribution >= 0.6 is 0 Å². The van der Waals surface area contributed by atoms with Crippen LogP contribution in [0.25, 0.3) is 22.6 Å². The minimum atomic E-state index is 0.667. The van der Waals surface area contributed by atoms with Gasteiger partial charge < -0.3 is 5.32 Å². The van der Waals surface area contributed by atoms with Crippen LogP contribution in [0, 0.1) is 0 Å². The molecule has 26 heavy (non-hydrogen) atoms. The maximum absolute atomic E-state index is 4.73.